The summed E-state index contributed by atoms with van der Waals surface area (Å²) in [4.78, 5) is 0. The molecule has 0 unspecified atom stereocenters. The molecule has 0 aliphatic rings. The third-order valence-corrected chi connectivity index (χ3v) is 2.58. The van der Waals surface area contributed by atoms with E-state index < -0.39 is 17.2 Å². The Morgan fingerprint density at radius 1 is 1.00 bits per heavy atom. The molecule has 0 spiro atoms. The van der Waals surface area contributed by atoms with Gasteiger partial charge in [0.15, 0.2) is 0 Å². The van der Waals surface area contributed by atoms with Crippen molar-refractivity contribution in [2.24, 2.45) is 0 Å². The zero-order chi connectivity index (χ0) is 13.1. The lowest BCUT2D eigenvalue weighted by Crippen LogP contribution is -1.92. The van der Waals surface area contributed by atoms with Gasteiger partial charge < -0.3 is 4.74 Å². The van der Waals surface area contributed by atoms with Crippen molar-refractivity contribution in [2.45, 2.75) is 0 Å². The molecule has 0 N–H and O–H groups in total. The Morgan fingerprint density at radius 2 is 1.56 bits per heavy atom. The predicted molar refractivity (Wildman–Crippen MR) is 63.1 cm³/mol. The SMILES string of the molecule is COc1ccc(-c2cc(F)c(C#N)c(F)c2)cc1. The molecule has 2 nitrogen and oxygen atoms in total. The van der Waals surface area contributed by atoms with Crippen LogP contribution in [0.1, 0.15) is 5.56 Å². The zero-order valence-corrected chi connectivity index (χ0v) is 9.58. The molecule has 0 aliphatic heterocycles. The Balaban J connectivity index is 2.48. The Labute approximate surface area is 103 Å². The van der Waals surface area contributed by atoms with Gasteiger partial charge in [0, 0.05) is 0 Å². The van der Waals surface area contributed by atoms with Gasteiger partial charge in [0.25, 0.3) is 0 Å². The summed E-state index contributed by atoms with van der Waals surface area (Å²) in [6.07, 6.45) is 0. The standard InChI is InChI=1S/C14H9F2NO/c1-18-11-4-2-9(3-5-11)10-6-13(15)12(8-17)14(16)7-10/h2-7H,1H3. The summed E-state index contributed by atoms with van der Waals surface area (Å²) in [5.74, 6) is -1.06. The van der Waals surface area contributed by atoms with Crippen LogP contribution < -0.4 is 4.74 Å². The molecule has 2 aromatic carbocycles. The summed E-state index contributed by atoms with van der Waals surface area (Å²) in [5, 5.41) is 8.58. The van der Waals surface area contributed by atoms with Gasteiger partial charge in [-0.15, -0.1) is 0 Å². The predicted octanol–water partition coefficient (Wildman–Crippen LogP) is 3.51. The van der Waals surface area contributed by atoms with Crippen LogP contribution in [0.5, 0.6) is 5.75 Å². The molecule has 18 heavy (non-hydrogen) atoms. The van der Waals surface area contributed by atoms with E-state index >= 15 is 0 Å². The van der Waals surface area contributed by atoms with E-state index in [1.54, 1.807) is 24.3 Å². The molecule has 0 bridgehead atoms. The molecule has 0 aliphatic carbocycles. The lowest BCUT2D eigenvalue weighted by Gasteiger charge is -2.05. The van der Waals surface area contributed by atoms with Crippen molar-refractivity contribution in [3.8, 4) is 22.9 Å². The summed E-state index contributed by atoms with van der Waals surface area (Å²) in [5.41, 5.74) is 0.469. The average Bonchev–Trinajstić information content (AvgIpc) is 2.38. The Kier molecular flexibility index (Phi) is 3.24. The molecule has 2 aromatic rings. The highest BCUT2D eigenvalue weighted by molar-refractivity contribution is 5.65. The highest BCUT2D eigenvalue weighted by atomic mass is 19.1. The van der Waals surface area contributed by atoms with E-state index in [-0.39, 0.29) is 0 Å². The van der Waals surface area contributed by atoms with Gasteiger partial charge in [0.1, 0.15) is 29.0 Å². The van der Waals surface area contributed by atoms with Crippen molar-refractivity contribution in [2.75, 3.05) is 7.11 Å². The molecule has 0 saturated heterocycles. The third-order valence-electron chi connectivity index (χ3n) is 2.58. The molecule has 0 aromatic heterocycles. The number of ether oxygens (including phenoxy) is 1. The van der Waals surface area contributed by atoms with Crippen LogP contribution in [0.25, 0.3) is 11.1 Å². The number of rotatable bonds is 2. The highest BCUT2D eigenvalue weighted by Gasteiger charge is 2.11. The first-order valence-electron chi connectivity index (χ1n) is 5.19. The molecule has 0 amide bonds. The van der Waals surface area contributed by atoms with Crippen LogP contribution in [-0.4, -0.2) is 7.11 Å². The van der Waals surface area contributed by atoms with Crippen LogP contribution in [0.4, 0.5) is 8.78 Å². The second kappa shape index (κ2) is 4.84. The van der Waals surface area contributed by atoms with Crippen LogP contribution in [0.2, 0.25) is 0 Å². The van der Waals surface area contributed by atoms with Crippen LogP contribution in [-0.2, 0) is 0 Å². The van der Waals surface area contributed by atoms with Gasteiger partial charge in [0.05, 0.1) is 7.11 Å². The summed E-state index contributed by atoms with van der Waals surface area (Å²) in [6, 6.07) is 10.6. The maximum absolute atomic E-state index is 13.5. The van der Waals surface area contributed by atoms with E-state index in [1.807, 2.05) is 0 Å². The van der Waals surface area contributed by atoms with Crippen molar-refractivity contribution in [3.63, 3.8) is 0 Å². The smallest absolute Gasteiger partial charge is 0.144 e. The number of methoxy groups -OCH3 is 1. The van der Waals surface area contributed by atoms with Gasteiger partial charge in [-0.1, -0.05) is 12.1 Å². The molecule has 0 atom stereocenters. The molecule has 90 valence electrons. The van der Waals surface area contributed by atoms with Crippen LogP contribution >= 0.6 is 0 Å². The fourth-order valence-electron chi connectivity index (χ4n) is 1.63. The van der Waals surface area contributed by atoms with Crippen molar-refractivity contribution in [1.29, 1.82) is 5.26 Å². The molecule has 0 radical (unpaired) electrons. The van der Waals surface area contributed by atoms with Gasteiger partial charge in [-0.2, -0.15) is 5.26 Å². The second-order valence-electron chi connectivity index (χ2n) is 3.66. The number of benzene rings is 2. The van der Waals surface area contributed by atoms with Gasteiger partial charge in [-0.25, -0.2) is 8.78 Å². The molecule has 0 fully saturated rings. The number of halogens is 2. The number of hydrogen-bond donors (Lipinski definition) is 0. The van der Waals surface area contributed by atoms with E-state index in [2.05, 4.69) is 0 Å². The normalized spacial score (nSPS) is 9.89. The highest BCUT2D eigenvalue weighted by Crippen LogP contribution is 2.25. The first-order chi connectivity index (χ1) is 8.65. The number of nitriles is 1. The summed E-state index contributed by atoms with van der Waals surface area (Å²) < 4.78 is 31.9. The van der Waals surface area contributed by atoms with Crippen LogP contribution in [0, 0.1) is 23.0 Å². The van der Waals surface area contributed by atoms with Gasteiger partial charge in [0.2, 0.25) is 0 Å². The minimum atomic E-state index is -0.858. The van der Waals surface area contributed by atoms with E-state index in [0.717, 1.165) is 12.1 Å². The lowest BCUT2D eigenvalue weighted by atomic mass is 10.0. The topological polar surface area (TPSA) is 33.0 Å². The maximum atomic E-state index is 13.5. The summed E-state index contributed by atoms with van der Waals surface area (Å²) in [7, 11) is 1.54. The second-order valence-corrected chi connectivity index (χ2v) is 3.66. The maximum Gasteiger partial charge on any atom is 0.144 e. The fourth-order valence-corrected chi connectivity index (χ4v) is 1.63. The Hall–Kier alpha value is -2.41. The van der Waals surface area contributed by atoms with E-state index in [4.69, 9.17) is 10.00 Å². The molecular weight excluding hydrogens is 236 g/mol. The van der Waals surface area contributed by atoms with Gasteiger partial charge in [-0.3, -0.25) is 0 Å². The fraction of sp³-hybridized carbons (Fsp3) is 0.0714. The molecule has 0 heterocycles. The number of nitrogens with zero attached hydrogens (tertiary/aromatic N) is 1. The monoisotopic (exact) mass is 245 g/mol. The molecule has 2 rings (SSSR count). The van der Waals surface area contributed by atoms with E-state index in [9.17, 15) is 8.78 Å². The first-order valence-corrected chi connectivity index (χ1v) is 5.19. The Bertz CT molecular complexity index is 592. The third kappa shape index (κ3) is 2.16. The van der Waals surface area contributed by atoms with Crippen molar-refractivity contribution in [1.82, 2.24) is 0 Å². The van der Waals surface area contributed by atoms with Crippen molar-refractivity contribution >= 4 is 0 Å². The van der Waals surface area contributed by atoms with Gasteiger partial charge in [-0.05, 0) is 35.4 Å². The summed E-state index contributed by atoms with van der Waals surface area (Å²) >= 11 is 0. The number of hydrogen-bond acceptors (Lipinski definition) is 2. The zero-order valence-electron chi connectivity index (χ0n) is 9.58. The van der Waals surface area contributed by atoms with Gasteiger partial charge >= 0.3 is 0 Å². The van der Waals surface area contributed by atoms with Crippen molar-refractivity contribution < 1.29 is 13.5 Å². The molecule has 4 heteroatoms. The quantitative estimate of drug-likeness (QED) is 0.811. The van der Waals surface area contributed by atoms with Crippen LogP contribution in [0.15, 0.2) is 36.4 Å². The minimum absolute atomic E-state index is 0.381. The summed E-state index contributed by atoms with van der Waals surface area (Å²) in [6.45, 7) is 0. The minimum Gasteiger partial charge on any atom is -0.497 e. The van der Waals surface area contributed by atoms with E-state index in [1.165, 1.54) is 13.2 Å². The van der Waals surface area contributed by atoms with Crippen LogP contribution in [0.3, 0.4) is 0 Å². The molecule has 0 saturated carbocycles. The largest absolute Gasteiger partial charge is 0.497 e. The average molecular weight is 245 g/mol. The van der Waals surface area contributed by atoms with E-state index in [0.29, 0.717) is 16.9 Å². The van der Waals surface area contributed by atoms with Crippen molar-refractivity contribution in [3.05, 3.63) is 53.6 Å². The lowest BCUT2D eigenvalue weighted by molar-refractivity contribution is 0.415. The Morgan fingerprint density at radius 3 is 2.00 bits per heavy atom. The first kappa shape index (κ1) is 12.1. The molecular formula is C14H9F2NO.